The molecule has 92 heavy (non-hydrogen) atoms. The van der Waals surface area contributed by atoms with Gasteiger partial charge in [-0.3, -0.25) is 0 Å². The molecule has 0 N–H and O–H groups in total. The maximum atomic E-state index is 3.39. The van der Waals surface area contributed by atoms with Crippen LogP contribution in [0.5, 0.6) is 0 Å². The molecule has 0 fully saturated rings. The molecule has 14 aromatic carbocycles. The number of aryl methyl sites for hydroxylation is 10. The Hall–Kier alpha value is -5.06. The van der Waals surface area contributed by atoms with Gasteiger partial charge in [0.05, 0.1) is 0 Å². The molecule has 468 valence electrons. The number of rotatable bonds is 4. The number of benzene rings is 8. The molecule has 0 aliphatic heterocycles. The second-order valence-electron chi connectivity index (χ2n) is 23.8. The molecule has 14 rings (SSSR count). The molecule has 4 radical (unpaired) electrons. The summed E-state index contributed by atoms with van der Waals surface area (Å²) in [6.07, 6.45) is 0. The van der Waals surface area contributed by atoms with E-state index < -0.39 is 0 Å². The van der Waals surface area contributed by atoms with Gasteiger partial charge in [-0.05, 0) is 38.8 Å². The van der Waals surface area contributed by atoms with Crippen molar-refractivity contribution in [3.63, 3.8) is 0 Å². The van der Waals surface area contributed by atoms with Crippen LogP contribution < -0.4 is 24.8 Å². The van der Waals surface area contributed by atoms with E-state index in [-0.39, 0.29) is 77.2 Å². The first-order chi connectivity index (χ1) is 42.4. The van der Waals surface area contributed by atoms with Crippen LogP contribution in [0.4, 0.5) is 0 Å². The molecule has 0 atom stereocenters. The summed E-state index contributed by atoms with van der Waals surface area (Å²) in [5.74, 6) is 0. The molecule has 0 unspecified atom stereocenters. The quantitative estimate of drug-likeness (QED) is 0.122. The minimum atomic E-state index is 0. The van der Waals surface area contributed by atoms with Gasteiger partial charge >= 0.3 is 80.6 Å². The van der Waals surface area contributed by atoms with E-state index in [4.69, 9.17) is 0 Å². The van der Waals surface area contributed by atoms with Crippen molar-refractivity contribution in [2.45, 2.75) is 121 Å². The summed E-state index contributed by atoms with van der Waals surface area (Å²) in [6.45, 7) is 35.1. The summed E-state index contributed by atoms with van der Waals surface area (Å²) in [5.41, 5.74) is 20.8. The van der Waals surface area contributed by atoms with Gasteiger partial charge in [0.1, 0.15) is 0 Å². The van der Waals surface area contributed by atoms with Crippen molar-refractivity contribution in [2.24, 2.45) is 0 Å². The maximum absolute atomic E-state index is 3.39. The molecule has 0 aromatic heterocycles. The van der Waals surface area contributed by atoms with Crippen molar-refractivity contribution in [3.05, 3.63) is 298 Å². The first-order valence-corrected chi connectivity index (χ1v) is 37.4. The molecule has 0 bridgehead atoms. The zero-order valence-corrected chi connectivity index (χ0v) is 69.7. The van der Waals surface area contributed by atoms with Gasteiger partial charge < -0.3 is 24.8 Å². The summed E-state index contributed by atoms with van der Waals surface area (Å²) < 4.78 is 3.39. The van der Waals surface area contributed by atoms with Crippen LogP contribution in [0.15, 0.2) is 243 Å². The summed E-state index contributed by atoms with van der Waals surface area (Å²) in [6, 6.07) is 86.4. The Morgan fingerprint density at radius 3 is 0.783 bits per heavy atom. The predicted octanol–water partition coefficient (Wildman–Crippen LogP) is 18.3. The van der Waals surface area contributed by atoms with Gasteiger partial charge in [-0.15, -0.1) is 183 Å². The third kappa shape index (κ3) is 23.7. The Bertz CT molecular complexity index is 3780. The average Bonchev–Trinajstić information content (AvgIpc) is 1.77. The van der Waals surface area contributed by atoms with Crippen LogP contribution in [-0.2, 0) is 76.3 Å². The minimum Gasteiger partial charge on any atom is -1.00 e. The van der Waals surface area contributed by atoms with Gasteiger partial charge in [0.2, 0.25) is 0 Å². The van der Waals surface area contributed by atoms with Gasteiger partial charge in [0.25, 0.3) is 0 Å². The van der Waals surface area contributed by atoms with Crippen LogP contribution in [0.1, 0.15) is 83.3 Å². The normalized spacial score (nSPS) is 10.0. The number of halogens is 2. The van der Waals surface area contributed by atoms with Gasteiger partial charge in [0, 0.05) is 19.0 Å². The van der Waals surface area contributed by atoms with E-state index in [1.54, 1.807) is 0 Å². The SMILES string of the molecule is C[SiH]C(C)C.C[SiH]C(C)C.Cc1cc2c(-c3ccccc3)cccc2[cH-]1.Cc1cc2c(-c3ccccc3)cccc2[cH-]1.Cc1ccc(C)c2[cH-]ccc12.Cc1ccc(C)c2[cH-]ccc12.Cc1ccc(C)c2[cH-]ccc12.Cc1ccc(C)c2[cH-]ccc12.[CH2]=[Hf+2].[Cl-].[Cl-].[Zr+3].[Zr+3]. The van der Waals surface area contributed by atoms with Crippen LogP contribution in [0.25, 0.3) is 86.9 Å². The standard InChI is InChI=1S/2C16H13.4C11H11.2C4H11Si.CH2.2ClH.Hf.2Zr/c2*1-12-10-14-8-5-9-15(16(14)11-12)13-6-3-2-4-7-13;4*1-8-6-7-9(2)11-5-3-4-10(8)11;2*1-4(2)5-3;;;;;;/h2*2-11H,1H3;4*3-7H,1-2H3;2*4-5H,1-3H3;1H2;2*1H;;;/q6*-1;;;;;;+2;2*+3/p-2. The van der Waals surface area contributed by atoms with Crippen molar-refractivity contribution in [2.75, 3.05) is 0 Å². The monoisotopic (exact) mass is 1600 g/mol. The molecule has 14 aromatic rings. The van der Waals surface area contributed by atoms with E-state index in [1.807, 2.05) is 0 Å². The van der Waals surface area contributed by atoms with Crippen LogP contribution in [0.3, 0.4) is 0 Å². The molecule has 0 aliphatic carbocycles. The van der Waals surface area contributed by atoms with Gasteiger partial charge in [-0.1, -0.05) is 224 Å². The van der Waals surface area contributed by atoms with Gasteiger partial charge in [-0.25, -0.2) is 0 Å². The van der Waals surface area contributed by atoms with Crippen LogP contribution >= 0.6 is 0 Å². The largest absolute Gasteiger partial charge is 3.00 e. The number of hydrogen-bond donors (Lipinski definition) is 0. The summed E-state index contributed by atoms with van der Waals surface area (Å²) in [5, 5.41) is 16.5. The Kier molecular flexibility index (Phi) is 38.3. The molecule has 0 spiro atoms. The molecule has 0 heterocycles. The fourth-order valence-corrected chi connectivity index (χ4v) is 10.7. The fourth-order valence-electron chi connectivity index (χ4n) is 10.7. The first kappa shape index (κ1) is 83.0. The molecule has 0 amide bonds. The third-order valence-electron chi connectivity index (χ3n) is 16.3. The first-order valence-electron chi connectivity index (χ1n) is 31.2. The van der Waals surface area contributed by atoms with Crippen LogP contribution in [-0.4, -0.2) is 23.3 Å². The smallest absolute Gasteiger partial charge is 1.00 e. The molecular formula is C85H94Cl2HfSi2Zr2. The predicted molar refractivity (Wildman–Crippen MR) is 399 cm³/mol. The maximum Gasteiger partial charge on any atom is 3.00 e. The van der Waals surface area contributed by atoms with Crippen molar-refractivity contribution in [1.82, 2.24) is 0 Å². The molecule has 0 aliphatic rings. The van der Waals surface area contributed by atoms with E-state index >= 15 is 0 Å². The third-order valence-corrected chi connectivity index (χ3v) is 19.0. The van der Waals surface area contributed by atoms with E-state index in [0.717, 1.165) is 54.0 Å². The van der Waals surface area contributed by atoms with E-state index in [1.165, 1.54) is 143 Å². The minimum absolute atomic E-state index is 0. The van der Waals surface area contributed by atoms with Gasteiger partial charge in [-0.2, -0.15) is 60.7 Å². The zero-order valence-electron chi connectivity index (χ0n) is 57.4. The van der Waals surface area contributed by atoms with Crippen molar-refractivity contribution >= 4 is 87.9 Å². The Balaban J connectivity index is 0.000000362. The fraction of sp³-hybridized carbons (Fsp3) is 0.212. The summed E-state index contributed by atoms with van der Waals surface area (Å²) in [7, 11) is 1.46. The molecule has 0 saturated carbocycles. The van der Waals surface area contributed by atoms with E-state index in [2.05, 4.69) is 357 Å². The van der Waals surface area contributed by atoms with Crippen LogP contribution in [0, 0.1) is 69.2 Å². The number of hydrogen-bond acceptors (Lipinski definition) is 0. The van der Waals surface area contributed by atoms with E-state index in [0.29, 0.717) is 0 Å². The Morgan fingerprint density at radius 2 is 0.554 bits per heavy atom. The topological polar surface area (TPSA) is 0 Å². The average molecular weight is 1600 g/mol. The van der Waals surface area contributed by atoms with Crippen molar-refractivity contribution < 1.29 is 101 Å². The number of fused-ring (bicyclic) bond motifs is 6. The molecule has 0 saturated heterocycles. The summed E-state index contributed by atoms with van der Waals surface area (Å²) >= 11 is 1.06. The van der Waals surface area contributed by atoms with Crippen LogP contribution in [0.2, 0.25) is 24.2 Å². The second kappa shape index (κ2) is 42.4. The van der Waals surface area contributed by atoms with Crippen molar-refractivity contribution in [1.29, 1.82) is 0 Å². The van der Waals surface area contributed by atoms with Gasteiger partial charge in [0.15, 0.2) is 0 Å². The zero-order chi connectivity index (χ0) is 63.9. The second-order valence-corrected chi connectivity index (χ2v) is 27.8. The van der Waals surface area contributed by atoms with E-state index in [9.17, 15) is 0 Å². The molecule has 7 heteroatoms. The Labute approximate surface area is 624 Å². The van der Waals surface area contributed by atoms with Crippen molar-refractivity contribution in [3.8, 4) is 22.3 Å². The summed E-state index contributed by atoms with van der Waals surface area (Å²) in [4.78, 5) is 0. The molecular weight excluding hydrogens is 1510 g/mol. The molecule has 0 nitrogen and oxygen atoms in total. The Morgan fingerprint density at radius 1 is 0.315 bits per heavy atom.